The fraction of sp³-hybridized carbons (Fsp3) is 0.400. The van der Waals surface area contributed by atoms with Crippen LogP contribution >= 0.6 is 11.3 Å². The van der Waals surface area contributed by atoms with E-state index in [1.807, 2.05) is 30.4 Å². The Balaban J connectivity index is 1.11. The summed E-state index contributed by atoms with van der Waals surface area (Å²) < 4.78 is 15.6. The number of fused-ring (bicyclic) bond motifs is 1. The van der Waals surface area contributed by atoms with Gasteiger partial charge in [0.2, 0.25) is 5.95 Å². The standard InChI is InChI=1S/C35H38FN9S/c1-3-29-33(43(2)35-42-32(30(19-37)46-35)25-4-7-28(36)8-5-25)45-22-26(6-9-31(45)41-29)27-20-39-34(40-21-27)44-16-12-24(13-17-44)18-23-10-14-38-15-11-23/h4-9,20-24,38H,3,10-18H2,1-2H3. The molecule has 6 heterocycles. The Hall–Kier alpha value is -4.40. The summed E-state index contributed by atoms with van der Waals surface area (Å²) in [7, 11) is 1.94. The third-order valence-corrected chi connectivity index (χ3v) is 10.5. The molecule has 0 bridgehead atoms. The molecule has 9 nitrogen and oxygen atoms in total. The second-order valence-electron chi connectivity index (χ2n) is 12.4. The molecule has 4 aromatic heterocycles. The van der Waals surface area contributed by atoms with E-state index in [0.717, 1.165) is 65.6 Å². The summed E-state index contributed by atoms with van der Waals surface area (Å²) in [4.78, 5) is 24.1. The maximum Gasteiger partial charge on any atom is 0.225 e. The van der Waals surface area contributed by atoms with Crippen LogP contribution in [0, 0.1) is 29.0 Å². The van der Waals surface area contributed by atoms with Crippen LogP contribution in [0.15, 0.2) is 55.0 Å². The Bertz CT molecular complexity index is 1840. The Morgan fingerprint density at radius 3 is 2.35 bits per heavy atom. The number of benzene rings is 1. The molecule has 2 fully saturated rings. The van der Waals surface area contributed by atoms with Gasteiger partial charge in [-0.05, 0) is 99.8 Å². The van der Waals surface area contributed by atoms with E-state index in [2.05, 4.69) is 39.9 Å². The molecule has 1 aromatic carbocycles. The molecule has 2 saturated heterocycles. The molecule has 0 radical (unpaired) electrons. The minimum atomic E-state index is -0.327. The van der Waals surface area contributed by atoms with Gasteiger partial charge in [0.25, 0.3) is 0 Å². The minimum Gasteiger partial charge on any atom is -0.341 e. The van der Waals surface area contributed by atoms with E-state index >= 15 is 0 Å². The molecule has 2 aliphatic heterocycles. The molecule has 46 heavy (non-hydrogen) atoms. The second-order valence-corrected chi connectivity index (χ2v) is 13.3. The van der Waals surface area contributed by atoms with E-state index in [9.17, 15) is 9.65 Å². The molecule has 5 aromatic rings. The maximum atomic E-state index is 13.6. The molecule has 0 saturated carbocycles. The van der Waals surface area contributed by atoms with Crippen molar-refractivity contribution >= 4 is 33.9 Å². The summed E-state index contributed by atoms with van der Waals surface area (Å²) in [6.07, 6.45) is 13.0. The Labute approximate surface area is 272 Å². The summed E-state index contributed by atoms with van der Waals surface area (Å²) in [5.74, 6) is 3.05. The molecule has 7 rings (SSSR count). The van der Waals surface area contributed by atoms with Crippen molar-refractivity contribution in [3.8, 4) is 28.5 Å². The topological polar surface area (TPSA) is 98.3 Å². The smallest absolute Gasteiger partial charge is 0.225 e. The van der Waals surface area contributed by atoms with E-state index in [0.29, 0.717) is 21.3 Å². The molecular weight excluding hydrogens is 598 g/mol. The van der Waals surface area contributed by atoms with Crippen LogP contribution in [-0.4, -0.2) is 57.6 Å². The molecule has 0 unspecified atom stereocenters. The van der Waals surface area contributed by atoms with E-state index in [1.54, 1.807) is 12.1 Å². The highest BCUT2D eigenvalue weighted by molar-refractivity contribution is 7.16. The predicted octanol–water partition coefficient (Wildman–Crippen LogP) is 6.86. The van der Waals surface area contributed by atoms with Gasteiger partial charge < -0.3 is 15.1 Å². The average Bonchev–Trinajstić information content (AvgIpc) is 3.71. The lowest BCUT2D eigenvalue weighted by Crippen LogP contribution is -2.36. The quantitative estimate of drug-likeness (QED) is 0.198. The van der Waals surface area contributed by atoms with Gasteiger partial charge in [-0.25, -0.2) is 24.3 Å². The first kappa shape index (κ1) is 30.3. The number of aryl methyl sites for hydroxylation is 1. The number of hydrogen-bond donors (Lipinski definition) is 1. The van der Waals surface area contributed by atoms with Crippen molar-refractivity contribution in [2.75, 3.05) is 43.0 Å². The van der Waals surface area contributed by atoms with Crippen LogP contribution in [0.4, 0.5) is 21.3 Å². The monoisotopic (exact) mass is 635 g/mol. The van der Waals surface area contributed by atoms with Crippen molar-refractivity contribution in [3.05, 3.63) is 71.4 Å². The van der Waals surface area contributed by atoms with Crippen LogP contribution in [0.1, 0.15) is 49.6 Å². The van der Waals surface area contributed by atoms with E-state index in [1.165, 1.54) is 68.7 Å². The molecule has 2 aliphatic rings. The van der Waals surface area contributed by atoms with Gasteiger partial charge in [-0.3, -0.25) is 4.40 Å². The molecule has 0 atom stereocenters. The SMILES string of the molecule is CCc1nc2ccc(-c3cnc(N4CCC(CC5CCNCC5)CC4)nc3)cn2c1N(C)c1nc(-c2ccc(F)cc2)c(C#N)s1. The lowest BCUT2D eigenvalue weighted by Gasteiger charge is -2.34. The molecule has 0 amide bonds. The van der Waals surface area contributed by atoms with Crippen molar-refractivity contribution in [1.29, 1.82) is 5.26 Å². The highest BCUT2D eigenvalue weighted by Crippen LogP contribution is 2.37. The predicted molar refractivity (Wildman–Crippen MR) is 181 cm³/mol. The molecular formula is C35H38FN9S. The van der Waals surface area contributed by atoms with Gasteiger partial charge in [0.1, 0.15) is 33.9 Å². The fourth-order valence-electron chi connectivity index (χ4n) is 6.86. The normalized spacial score (nSPS) is 16.2. The number of thiazole rings is 1. The van der Waals surface area contributed by atoms with Crippen molar-refractivity contribution in [3.63, 3.8) is 0 Å². The fourth-order valence-corrected chi connectivity index (χ4v) is 7.71. The Kier molecular flexibility index (Phi) is 8.65. The first-order valence-electron chi connectivity index (χ1n) is 16.2. The van der Waals surface area contributed by atoms with Gasteiger partial charge in [0.15, 0.2) is 5.13 Å². The van der Waals surface area contributed by atoms with Gasteiger partial charge in [-0.2, -0.15) is 5.26 Å². The van der Waals surface area contributed by atoms with Crippen LogP contribution in [0.3, 0.4) is 0 Å². The zero-order valence-corrected chi connectivity index (χ0v) is 27.1. The van der Waals surface area contributed by atoms with Gasteiger partial charge in [-0.1, -0.05) is 18.3 Å². The summed E-state index contributed by atoms with van der Waals surface area (Å²) in [5, 5.41) is 14.0. The largest absolute Gasteiger partial charge is 0.341 e. The number of halogens is 1. The first-order chi connectivity index (χ1) is 22.5. The number of hydrogen-bond acceptors (Lipinski definition) is 9. The average molecular weight is 636 g/mol. The number of aromatic nitrogens is 5. The zero-order chi connectivity index (χ0) is 31.6. The van der Waals surface area contributed by atoms with Crippen molar-refractivity contribution in [2.24, 2.45) is 11.8 Å². The van der Waals surface area contributed by atoms with E-state index < -0.39 is 0 Å². The molecule has 236 valence electrons. The second kappa shape index (κ2) is 13.1. The number of piperidine rings is 2. The van der Waals surface area contributed by atoms with Gasteiger partial charge in [0.05, 0.1) is 5.69 Å². The van der Waals surface area contributed by atoms with Gasteiger partial charge in [-0.15, -0.1) is 0 Å². The highest BCUT2D eigenvalue weighted by Gasteiger charge is 2.25. The highest BCUT2D eigenvalue weighted by atomic mass is 32.1. The molecule has 0 spiro atoms. The maximum absolute atomic E-state index is 13.6. The third-order valence-electron chi connectivity index (χ3n) is 9.43. The molecule has 0 aliphatic carbocycles. The lowest BCUT2D eigenvalue weighted by atomic mass is 9.83. The Morgan fingerprint density at radius 2 is 1.65 bits per heavy atom. The molecule has 11 heteroatoms. The molecule has 1 N–H and O–H groups in total. The van der Waals surface area contributed by atoms with Crippen molar-refractivity contribution in [1.82, 2.24) is 29.7 Å². The number of anilines is 3. The van der Waals surface area contributed by atoms with E-state index in [-0.39, 0.29) is 5.82 Å². The number of imidazole rings is 1. The zero-order valence-electron chi connectivity index (χ0n) is 26.3. The number of pyridine rings is 1. The van der Waals surface area contributed by atoms with Crippen LogP contribution in [-0.2, 0) is 6.42 Å². The number of rotatable bonds is 8. The van der Waals surface area contributed by atoms with Crippen LogP contribution in [0.5, 0.6) is 0 Å². The van der Waals surface area contributed by atoms with Crippen LogP contribution < -0.4 is 15.1 Å². The summed E-state index contributed by atoms with van der Waals surface area (Å²) in [5.41, 5.74) is 4.92. The van der Waals surface area contributed by atoms with Gasteiger partial charge >= 0.3 is 0 Å². The summed E-state index contributed by atoms with van der Waals surface area (Å²) >= 11 is 1.31. The van der Waals surface area contributed by atoms with Gasteiger partial charge in [0, 0.05) is 55.4 Å². The number of nitrogens with one attached hydrogen (secondary N) is 1. The lowest BCUT2D eigenvalue weighted by molar-refractivity contribution is 0.268. The van der Waals surface area contributed by atoms with Crippen molar-refractivity contribution < 1.29 is 4.39 Å². The van der Waals surface area contributed by atoms with E-state index in [4.69, 9.17) is 19.9 Å². The summed E-state index contributed by atoms with van der Waals surface area (Å²) in [6.45, 7) is 6.45. The van der Waals surface area contributed by atoms with Crippen LogP contribution in [0.2, 0.25) is 0 Å². The number of nitriles is 1. The third kappa shape index (κ3) is 6.07. The minimum absolute atomic E-state index is 0.327. The number of nitrogens with zero attached hydrogens (tertiary/aromatic N) is 8. The first-order valence-corrected chi connectivity index (χ1v) is 17.0. The Morgan fingerprint density at radius 1 is 0.957 bits per heavy atom. The van der Waals surface area contributed by atoms with Crippen LogP contribution in [0.25, 0.3) is 28.0 Å². The van der Waals surface area contributed by atoms with Crippen molar-refractivity contribution in [2.45, 2.75) is 45.4 Å². The summed E-state index contributed by atoms with van der Waals surface area (Å²) in [6, 6.07) is 12.4.